The summed E-state index contributed by atoms with van der Waals surface area (Å²) >= 11 is 5.65. The Bertz CT molecular complexity index is 406. The van der Waals surface area contributed by atoms with E-state index in [0.717, 1.165) is 23.4 Å². The van der Waals surface area contributed by atoms with Crippen molar-refractivity contribution in [2.75, 3.05) is 29.7 Å². The second-order valence-corrected chi connectivity index (χ2v) is 4.24. The Morgan fingerprint density at radius 2 is 2.31 bits per heavy atom. The predicted octanol–water partition coefficient (Wildman–Crippen LogP) is 2.25. The summed E-state index contributed by atoms with van der Waals surface area (Å²) in [7, 11) is 1.88. The van der Waals surface area contributed by atoms with Gasteiger partial charge in [-0.25, -0.2) is 0 Å². The number of carbonyl (C=O) groups excluding carboxylic acids is 1. The zero-order valence-corrected chi connectivity index (χ0v) is 10.0. The van der Waals surface area contributed by atoms with Crippen molar-refractivity contribution in [1.82, 2.24) is 0 Å². The van der Waals surface area contributed by atoms with Crippen molar-refractivity contribution in [3.8, 4) is 0 Å². The van der Waals surface area contributed by atoms with Gasteiger partial charge in [0, 0.05) is 30.8 Å². The van der Waals surface area contributed by atoms with Gasteiger partial charge in [-0.2, -0.15) is 0 Å². The summed E-state index contributed by atoms with van der Waals surface area (Å²) < 4.78 is 0. The smallest absolute Gasteiger partial charge is 0.231 e. The van der Waals surface area contributed by atoms with E-state index in [1.165, 1.54) is 0 Å². The van der Waals surface area contributed by atoms with Gasteiger partial charge in [0.1, 0.15) is 0 Å². The molecule has 0 unspecified atom stereocenters. The van der Waals surface area contributed by atoms with Gasteiger partial charge in [-0.1, -0.05) is 0 Å². The molecule has 0 saturated carbocycles. The number of carbonyl (C=O) groups is 1. The number of anilines is 2. The van der Waals surface area contributed by atoms with Gasteiger partial charge in [-0.3, -0.25) is 4.79 Å². The number of benzene rings is 1. The van der Waals surface area contributed by atoms with Crippen LogP contribution in [0.15, 0.2) is 18.2 Å². The molecule has 2 rings (SSSR count). The molecule has 16 heavy (non-hydrogen) atoms. The van der Waals surface area contributed by atoms with Crippen LogP contribution in [0, 0.1) is 0 Å². The van der Waals surface area contributed by atoms with Gasteiger partial charge >= 0.3 is 0 Å². The molecular formula is C12H15ClN2O. The fraction of sp³-hybridized carbons (Fsp3) is 0.417. The fourth-order valence-corrected chi connectivity index (χ4v) is 2.12. The summed E-state index contributed by atoms with van der Waals surface area (Å²) in [6, 6.07) is 6.03. The van der Waals surface area contributed by atoms with Gasteiger partial charge in [0.05, 0.1) is 6.42 Å². The molecule has 3 nitrogen and oxygen atoms in total. The second-order valence-electron chi connectivity index (χ2n) is 3.86. The van der Waals surface area contributed by atoms with E-state index in [0.29, 0.717) is 18.8 Å². The Labute approximate surface area is 100 Å². The average molecular weight is 239 g/mol. The third-order valence-electron chi connectivity index (χ3n) is 2.82. The minimum absolute atomic E-state index is 0.174. The minimum atomic E-state index is 0.174. The van der Waals surface area contributed by atoms with Gasteiger partial charge in [0.2, 0.25) is 5.91 Å². The van der Waals surface area contributed by atoms with Crippen LogP contribution in [-0.2, 0) is 11.2 Å². The highest BCUT2D eigenvalue weighted by Gasteiger charge is 2.26. The first kappa shape index (κ1) is 11.3. The van der Waals surface area contributed by atoms with Crippen LogP contribution in [0.1, 0.15) is 12.0 Å². The standard InChI is InChI=1S/C12H15ClN2O/c1-14-10-3-4-11-9(7-10)8-12(16)15(11)6-2-5-13/h3-4,7,14H,2,5-6,8H2,1H3. The minimum Gasteiger partial charge on any atom is -0.388 e. The SMILES string of the molecule is CNc1ccc2c(c1)CC(=O)N2CCCCl. The van der Waals surface area contributed by atoms with Crippen molar-refractivity contribution in [3.05, 3.63) is 23.8 Å². The summed E-state index contributed by atoms with van der Waals surface area (Å²) in [4.78, 5) is 13.6. The largest absolute Gasteiger partial charge is 0.388 e. The molecule has 0 atom stereocenters. The molecule has 0 spiro atoms. The van der Waals surface area contributed by atoms with E-state index < -0.39 is 0 Å². The quantitative estimate of drug-likeness (QED) is 0.816. The van der Waals surface area contributed by atoms with Crippen LogP contribution in [0.3, 0.4) is 0 Å². The Balaban J connectivity index is 2.24. The Hall–Kier alpha value is -1.22. The van der Waals surface area contributed by atoms with Crippen LogP contribution in [0.25, 0.3) is 0 Å². The molecule has 1 heterocycles. The van der Waals surface area contributed by atoms with E-state index in [4.69, 9.17) is 11.6 Å². The number of halogens is 1. The van der Waals surface area contributed by atoms with E-state index in [1.54, 1.807) is 0 Å². The van der Waals surface area contributed by atoms with E-state index in [1.807, 2.05) is 30.1 Å². The van der Waals surface area contributed by atoms with Gasteiger partial charge in [-0.15, -0.1) is 11.6 Å². The molecule has 1 aliphatic heterocycles. The maximum Gasteiger partial charge on any atom is 0.231 e. The van der Waals surface area contributed by atoms with Crippen molar-refractivity contribution in [1.29, 1.82) is 0 Å². The lowest BCUT2D eigenvalue weighted by Gasteiger charge is -2.16. The number of amides is 1. The number of rotatable bonds is 4. The maximum absolute atomic E-state index is 11.8. The summed E-state index contributed by atoms with van der Waals surface area (Å²) in [5.41, 5.74) is 3.19. The third kappa shape index (κ3) is 2.00. The Kier molecular flexibility index (Phi) is 3.34. The van der Waals surface area contributed by atoms with Crippen LogP contribution in [-0.4, -0.2) is 25.4 Å². The van der Waals surface area contributed by atoms with Crippen molar-refractivity contribution >= 4 is 28.9 Å². The van der Waals surface area contributed by atoms with Crippen molar-refractivity contribution in [2.45, 2.75) is 12.8 Å². The predicted molar refractivity (Wildman–Crippen MR) is 67.4 cm³/mol. The molecular weight excluding hydrogens is 224 g/mol. The molecule has 0 fully saturated rings. The summed E-state index contributed by atoms with van der Waals surface area (Å²) in [5, 5.41) is 3.08. The lowest BCUT2D eigenvalue weighted by atomic mass is 10.1. The van der Waals surface area contributed by atoms with E-state index in [9.17, 15) is 4.79 Å². The number of hydrogen-bond acceptors (Lipinski definition) is 2. The van der Waals surface area contributed by atoms with E-state index >= 15 is 0 Å². The van der Waals surface area contributed by atoms with Crippen LogP contribution < -0.4 is 10.2 Å². The molecule has 1 amide bonds. The molecule has 86 valence electrons. The zero-order chi connectivity index (χ0) is 11.5. The van der Waals surface area contributed by atoms with Crippen LogP contribution in [0.2, 0.25) is 0 Å². The maximum atomic E-state index is 11.8. The molecule has 1 aliphatic rings. The van der Waals surface area contributed by atoms with Crippen LogP contribution in [0.5, 0.6) is 0 Å². The highest BCUT2D eigenvalue weighted by Crippen LogP contribution is 2.31. The highest BCUT2D eigenvalue weighted by atomic mass is 35.5. The summed E-state index contributed by atoms with van der Waals surface area (Å²) in [6.07, 6.45) is 1.34. The lowest BCUT2D eigenvalue weighted by molar-refractivity contribution is -0.117. The van der Waals surface area contributed by atoms with E-state index in [2.05, 4.69) is 5.32 Å². The first-order valence-corrected chi connectivity index (χ1v) is 5.96. The molecule has 0 radical (unpaired) electrons. The fourth-order valence-electron chi connectivity index (χ4n) is 2.00. The number of fused-ring (bicyclic) bond motifs is 1. The number of nitrogens with one attached hydrogen (secondary N) is 1. The monoisotopic (exact) mass is 238 g/mol. The third-order valence-corrected chi connectivity index (χ3v) is 3.08. The first-order chi connectivity index (χ1) is 7.76. The van der Waals surface area contributed by atoms with Crippen molar-refractivity contribution < 1.29 is 4.79 Å². The average Bonchev–Trinajstić information content (AvgIpc) is 2.61. The molecule has 0 aliphatic carbocycles. The lowest BCUT2D eigenvalue weighted by Crippen LogP contribution is -2.27. The molecule has 0 saturated heterocycles. The first-order valence-electron chi connectivity index (χ1n) is 5.43. The second kappa shape index (κ2) is 4.74. The molecule has 0 aromatic heterocycles. The Morgan fingerprint density at radius 1 is 1.50 bits per heavy atom. The zero-order valence-electron chi connectivity index (χ0n) is 9.29. The topological polar surface area (TPSA) is 32.3 Å². The Morgan fingerprint density at radius 3 is 3.00 bits per heavy atom. The normalized spacial score (nSPS) is 14.1. The highest BCUT2D eigenvalue weighted by molar-refractivity contribution is 6.17. The molecule has 4 heteroatoms. The molecule has 1 aromatic rings. The molecule has 0 bridgehead atoms. The van der Waals surface area contributed by atoms with Crippen LogP contribution in [0.4, 0.5) is 11.4 Å². The summed E-state index contributed by atoms with van der Waals surface area (Å²) in [6.45, 7) is 0.717. The van der Waals surface area contributed by atoms with Gasteiger partial charge in [0.25, 0.3) is 0 Å². The number of nitrogens with zero attached hydrogens (tertiary/aromatic N) is 1. The van der Waals surface area contributed by atoms with Crippen LogP contribution >= 0.6 is 11.6 Å². The van der Waals surface area contributed by atoms with Crippen molar-refractivity contribution in [3.63, 3.8) is 0 Å². The van der Waals surface area contributed by atoms with Crippen molar-refractivity contribution in [2.24, 2.45) is 0 Å². The van der Waals surface area contributed by atoms with Gasteiger partial charge < -0.3 is 10.2 Å². The molecule has 1 N–H and O–H groups in total. The van der Waals surface area contributed by atoms with Gasteiger partial charge in [0.15, 0.2) is 0 Å². The number of alkyl halides is 1. The summed E-state index contributed by atoms with van der Waals surface area (Å²) in [5.74, 6) is 0.765. The van der Waals surface area contributed by atoms with Gasteiger partial charge in [-0.05, 0) is 30.2 Å². The molecule has 1 aromatic carbocycles. The number of hydrogen-bond donors (Lipinski definition) is 1. The van der Waals surface area contributed by atoms with E-state index in [-0.39, 0.29) is 5.91 Å².